The van der Waals surface area contributed by atoms with E-state index in [0.717, 1.165) is 0 Å². The van der Waals surface area contributed by atoms with Crippen molar-refractivity contribution in [3.8, 4) is 0 Å². The number of carboxylic acids is 1. The van der Waals surface area contributed by atoms with Crippen LogP contribution in [0.3, 0.4) is 0 Å². The minimum Gasteiger partial charge on any atom is -0.477 e. The third kappa shape index (κ3) is 2.92. The van der Waals surface area contributed by atoms with Gasteiger partial charge in [-0.15, -0.1) is 0 Å². The van der Waals surface area contributed by atoms with E-state index < -0.39 is 11.4 Å². The topological polar surface area (TPSA) is 68.5 Å². The molecule has 1 aromatic rings. The van der Waals surface area contributed by atoms with Gasteiger partial charge in [0.05, 0.1) is 6.10 Å². The van der Waals surface area contributed by atoms with Crippen molar-refractivity contribution in [3.63, 3.8) is 0 Å². The smallest absolute Gasteiger partial charge is 0.341 e. The maximum atomic E-state index is 11.1. The molecule has 0 aliphatic carbocycles. The van der Waals surface area contributed by atoms with Gasteiger partial charge in [-0.2, -0.15) is 0 Å². The summed E-state index contributed by atoms with van der Waals surface area (Å²) < 4.78 is 6.66. The number of aromatic nitrogens is 1. The van der Waals surface area contributed by atoms with Crippen LogP contribution in [-0.2, 0) is 11.3 Å². The zero-order valence-electron chi connectivity index (χ0n) is 8.64. The number of carbonyl (C=O) groups is 1. The SMILES string of the molecule is COC(C)Cn1ccc(=O)c(C(=O)O)c1. The van der Waals surface area contributed by atoms with E-state index in [2.05, 4.69) is 0 Å². The molecular weight excluding hydrogens is 198 g/mol. The van der Waals surface area contributed by atoms with Crippen LogP contribution in [0.15, 0.2) is 23.3 Å². The first-order valence-corrected chi connectivity index (χ1v) is 4.50. The number of nitrogens with zero attached hydrogens (tertiary/aromatic N) is 1. The molecule has 1 rings (SSSR count). The average molecular weight is 211 g/mol. The lowest BCUT2D eigenvalue weighted by atomic mass is 10.2. The van der Waals surface area contributed by atoms with E-state index in [1.165, 1.54) is 12.3 Å². The quantitative estimate of drug-likeness (QED) is 0.791. The van der Waals surface area contributed by atoms with Gasteiger partial charge in [0.25, 0.3) is 0 Å². The molecule has 1 aromatic heterocycles. The molecule has 0 bridgehead atoms. The van der Waals surface area contributed by atoms with Crippen LogP contribution in [0.1, 0.15) is 17.3 Å². The Bertz CT molecular complexity index is 410. The van der Waals surface area contributed by atoms with E-state index in [4.69, 9.17) is 9.84 Å². The normalized spacial score (nSPS) is 12.4. The van der Waals surface area contributed by atoms with Gasteiger partial charge >= 0.3 is 5.97 Å². The molecular formula is C10H13NO4. The summed E-state index contributed by atoms with van der Waals surface area (Å²) in [7, 11) is 1.57. The number of methoxy groups -OCH3 is 1. The molecule has 0 radical (unpaired) electrons. The van der Waals surface area contributed by atoms with E-state index in [-0.39, 0.29) is 11.7 Å². The summed E-state index contributed by atoms with van der Waals surface area (Å²) in [6.07, 6.45) is 2.83. The first-order chi connectivity index (χ1) is 7.04. The lowest BCUT2D eigenvalue weighted by Gasteiger charge is -2.12. The predicted molar refractivity (Wildman–Crippen MR) is 54.1 cm³/mol. The Balaban J connectivity index is 2.98. The highest BCUT2D eigenvalue weighted by Gasteiger charge is 2.09. The van der Waals surface area contributed by atoms with Gasteiger partial charge < -0.3 is 14.4 Å². The van der Waals surface area contributed by atoms with Crippen molar-refractivity contribution in [2.45, 2.75) is 19.6 Å². The van der Waals surface area contributed by atoms with E-state index in [1.807, 2.05) is 6.92 Å². The summed E-state index contributed by atoms with van der Waals surface area (Å²) in [4.78, 5) is 21.8. The number of rotatable bonds is 4. The molecule has 0 spiro atoms. The Labute approximate surface area is 86.9 Å². The van der Waals surface area contributed by atoms with Gasteiger partial charge in [-0.3, -0.25) is 4.79 Å². The van der Waals surface area contributed by atoms with Crippen molar-refractivity contribution in [1.82, 2.24) is 4.57 Å². The molecule has 5 nitrogen and oxygen atoms in total. The third-order valence-electron chi connectivity index (χ3n) is 2.08. The number of hydrogen-bond donors (Lipinski definition) is 1. The van der Waals surface area contributed by atoms with E-state index in [1.54, 1.807) is 17.9 Å². The summed E-state index contributed by atoms with van der Waals surface area (Å²) in [5.74, 6) is -1.21. The predicted octanol–water partition coefficient (Wildman–Crippen LogP) is 0.581. The van der Waals surface area contributed by atoms with Crippen LogP contribution in [0, 0.1) is 0 Å². The zero-order valence-corrected chi connectivity index (χ0v) is 8.64. The number of pyridine rings is 1. The molecule has 1 unspecified atom stereocenters. The van der Waals surface area contributed by atoms with Crippen LogP contribution in [0.25, 0.3) is 0 Å². The molecule has 0 aliphatic heterocycles. The molecule has 1 atom stereocenters. The molecule has 0 saturated heterocycles. The molecule has 0 amide bonds. The van der Waals surface area contributed by atoms with Crippen LogP contribution >= 0.6 is 0 Å². The van der Waals surface area contributed by atoms with Gasteiger partial charge in [-0.1, -0.05) is 0 Å². The Hall–Kier alpha value is -1.62. The molecule has 0 fully saturated rings. The molecule has 1 N–H and O–H groups in total. The number of aromatic carboxylic acids is 1. The van der Waals surface area contributed by atoms with Gasteiger partial charge in [0.1, 0.15) is 5.56 Å². The first-order valence-electron chi connectivity index (χ1n) is 4.50. The largest absolute Gasteiger partial charge is 0.477 e. The van der Waals surface area contributed by atoms with Crippen molar-refractivity contribution >= 4 is 5.97 Å². The van der Waals surface area contributed by atoms with Crippen molar-refractivity contribution in [3.05, 3.63) is 34.2 Å². The lowest BCUT2D eigenvalue weighted by Crippen LogP contribution is -2.20. The van der Waals surface area contributed by atoms with Gasteiger partial charge in [0.2, 0.25) is 0 Å². The highest BCUT2D eigenvalue weighted by atomic mass is 16.5. The minimum atomic E-state index is -1.21. The van der Waals surface area contributed by atoms with Crippen LogP contribution in [-0.4, -0.2) is 28.9 Å². The zero-order chi connectivity index (χ0) is 11.4. The maximum Gasteiger partial charge on any atom is 0.341 e. The van der Waals surface area contributed by atoms with Gasteiger partial charge in [-0.25, -0.2) is 4.79 Å². The maximum absolute atomic E-state index is 11.1. The molecule has 82 valence electrons. The van der Waals surface area contributed by atoms with Gasteiger partial charge in [0.15, 0.2) is 5.43 Å². The standard InChI is InChI=1S/C10H13NO4/c1-7(15-2)5-11-4-3-9(12)8(6-11)10(13)14/h3-4,6-7H,5H2,1-2H3,(H,13,14). The molecule has 0 aliphatic rings. The number of carboxylic acid groups (broad SMARTS) is 1. The summed E-state index contributed by atoms with van der Waals surface area (Å²) in [6.45, 7) is 2.37. The number of ether oxygens (including phenoxy) is 1. The summed E-state index contributed by atoms with van der Waals surface area (Å²) in [5.41, 5.74) is -0.704. The Morgan fingerprint density at radius 2 is 2.33 bits per heavy atom. The highest BCUT2D eigenvalue weighted by molar-refractivity contribution is 5.86. The second kappa shape index (κ2) is 4.75. The fourth-order valence-corrected chi connectivity index (χ4v) is 1.17. The average Bonchev–Trinajstić information content (AvgIpc) is 2.20. The molecule has 0 saturated carbocycles. The van der Waals surface area contributed by atoms with E-state index in [0.29, 0.717) is 6.54 Å². The fourth-order valence-electron chi connectivity index (χ4n) is 1.17. The monoisotopic (exact) mass is 211 g/mol. The third-order valence-corrected chi connectivity index (χ3v) is 2.08. The van der Waals surface area contributed by atoms with Crippen LogP contribution in [0.4, 0.5) is 0 Å². The van der Waals surface area contributed by atoms with E-state index in [9.17, 15) is 9.59 Å². The fraction of sp³-hybridized carbons (Fsp3) is 0.400. The van der Waals surface area contributed by atoms with E-state index >= 15 is 0 Å². The van der Waals surface area contributed by atoms with Crippen LogP contribution in [0.2, 0.25) is 0 Å². The second-order valence-corrected chi connectivity index (χ2v) is 3.27. The van der Waals surface area contributed by atoms with Gasteiger partial charge in [-0.05, 0) is 6.92 Å². The highest BCUT2D eigenvalue weighted by Crippen LogP contribution is 1.97. The lowest BCUT2D eigenvalue weighted by molar-refractivity contribution is 0.0692. The Morgan fingerprint density at radius 3 is 2.87 bits per heavy atom. The molecule has 0 aromatic carbocycles. The summed E-state index contributed by atoms with van der Waals surface area (Å²) in [5, 5.41) is 8.74. The van der Waals surface area contributed by atoms with Crippen LogP contribution in [0.5, 0.6) is 0 Å². The molecule has 5 heteroatoms. The second-order valence-electron chi connectivity index (χ2n) is 3.27. The Morgan fingerprint density at radius 1 is 1.67 bits per heavy atom. The van der Waals surface area contributed by atoms with Crippen LogP contribution < -0.4 is 5.43 Å². The number of hydrogen-bond acceptors (Lipinski definition) is 3. The van der Waals surface area contributed by atoms with Crippen molar-refractivity contribution < 1.29 is 14.6 Å². The minimum absolute atomic E-state index is 0.0332. The van der Waals surface area contributed by atoms with Crippen molar-refractivity contribution in [2.75, 3.05) is 7.11 Å². The summed E-state index contributed by atoms with van der Waals surface area (Å²) >= 11 is 0. The first kappa shape index (κ1) is 11.5. The molecule has 1 heterocycles. The summed E-state index contributed by atoms with van der Waals surface area (Å²) in [6, 6.07) is 1.24. The van der Waals surface area contributed by atoms with Crippen molar-refractivity contribution in [1.29, 1.82) is 0 Å². The van der Waals surface area contributed by atoms with Crippen molar-refractivity contribution in [2.24, 2.45) is 0 Å². The Kier molecular flexibility index (Phi) is 3.62. The van der Waals surface area contributed by atoms with Gasteiger partial charge in [0, 0.05) is 32.1 Å². The molecule has 15 heavy (non-hydrogen) atoms.